The van der Waals surface area contributed by atoms with Gasteiger partial charge in [0.25, 0.3) is 0 Å². The van der Waals surface area contributed by atoms with Crippen LogP contribution in [0.5, 0.6) is 5.75 Å². The molecule has 0 bridgehead atoms. The lowest BCUT2D eigenvalue weighted by Crippen LogP contribution is -2.56. The Balaban J connectivity index is 2.62. The van der Waals surface area contributed by atoms with Crippen LogP contribution in [-0.2, 0) is 23.9 Å². The van der Waals surface area contributed by atoms with Gasteiger partial charge in [0.15, 0.2) is 5.78 Å². The monoisotopic (exact) mass is 448 g/mol. The van der Waals surface area contributed by atoms with Crippen LogP contribution in [0.1, 0.15) is 73.3 Å². The van der Waals surface area contributed by atoms with Gasteiger partial charge in [-0.2, -0.15) is 0 Å². The molecule has 0 spiro atoms. The maximum absolute atomic E-state index is 13.3. The molecule has 2 rings (SSSR count). The summed E-state index contributed by atoms with van der Waals surface area (Å²) in [5, 5.41) is 11.2. The summed E-state index contributed by atoms with van der Waals surface area (Å²) < 4.78 is 16.6. The van der Waals surface area contributed by atoms with E-state index in [1.54, 1.807) is 65.8 Å². The van der Waals surface area contributed by atoms with Crippen molar-refractivity contribution in [3.8, 4) is 5.75 Å². The fourth-order valence-electron chi connectivity index (χ4n) is 4.10. The maximum atomic E-state index is 13.3. The molecule has 0 aromatic heterocycles. The minimum absolute atomic E-state index is 0.353. The maximum Gasteiger partial charge on any atom is 0.317 e. The summed E-state index contributed by atoms with van der Waals surface area (Å²) in [7, 11) is 0. The van der Waals surface area contributed by atoms with Gasteiger partial charge in [0, 0.05) is 12.3 Å². The minimum atomic E-state index is -1.69. The van der Waals surface area contributed by atoms with Crippen molar-refractivity contribution in [2.45, 2.75) is 84.5 Å². The van der Waals surface area contributed by atoms with Crippen molar-refractivity contribution < 1.29 is 33.7 Å². The lowest BCUT2D eigenvalue weighted by Gasteiger charge is -2.44. The first-order chi connectivity index (χ1) is 14.6. The number of aliphatic hydroxyl groups is 1. The van der Waals surface area contributed by atoms with Gasteiger partial charge in [0.1, 0.15) is 22.9 Å². The van der Waals surface area contributed by atoms with E-state index in [0.29, 0.717) is 17.9 Å². The topological polar surface area (TPSA) is 99.1 Å². The quantitative estimate of drug-likeness (QED) is 0.540. The van der Waals surface area contributed by atoms with Crippen LogP contribution < -0.4 is 4.74 Å². The highest BCUT2D eigenvalue weighted by Gasteiger charge is 2.57. The summed E-state index contributed by atoms with van der Waals surface area (Å²) in [6.45, 7) is 14.1. The zero-order chi connectivity index (χ0) is 24.5. The molecule has 178 valence electrons. The molecule has 0 radical (unpaired) electrons. The number of hydrogen-bond donors (Lipinski definition) is 1. The molecule has 1 saturated carbocycles. The summed E-state index contributed by atoms with van der Waals surface area (Å²) in [5.41, 5.74) is -2.77. The number of carbonyl (C=O) groups excluding carboxylic acids is 3. The van der Waals surface area contributed by atoms with Gasteiger partial charge in [0.05, 0.1) is 18.1 Å². The highest BCUT2D eigenvalue weighted by atomic mass is 16.6. The van der Waals surface area contributed by atoms with Crippen molar-refractivity contribution in [2.75, 3.05) is 6.61 Å². The Morgan fingerprint density at radius 2 is 1.50 bits per heavy atom. The Bertz CT molecular complexity index is 841. The first kappa shape index (κ1) is 25.8. The summed E-state index contributed by atoms with van der Waals surface area (Å²) in [4.78, 5) is 39.5. The largest absolute Gasteiger partial charge is 0.494 e. The zero-order valence-electron chi connectivity index (χ0n) is 20.4. The van der Waals surface area contributed by atoms with E-state index in [1.807, 2.05) is 6.92 Å². The molecule has 32 heavy (non-hydrogen) atoms. The van der Waals surface area contributed by atoms with E-state index in [4.69, 9.17) is 14.2 Å². The van der Waals surface area contributed by atoms with Crippen LogP contribution in [0.2, 0.25) is 0 Å². The van der Waals surface area contributed by atoms with Crippen molar-refractivity contribution in [1.29, 1.82) is 0 Å². The summed E-state index contributed by atoms with van der Waals surface area (Å²) >= 11 is 0. The number of esters is 2. The molecule has 1 aliphatic carbocycles. The molecule has 0 aliphatic heterocycles. The molecule has 1 aromatic rings. The van der Waals surface area contributed by atoms with Gasteiger partial charge in [0.2, 0.25) is 0 Å². The fraction of sp³-hybridized carbons (Fsp3) is 0.640. The smallest absolute Gasteiger partial charge is 0.317 e. The number of hydrogen-bond acceptors (Lipinski definition) is 7. The molecule has 0 saturated heterocycles. The van der Waals surface area contributed by atoms with Crippen LogP contribution in [-0.4, -0.2) is 46.2 Å². The van der Waals surface area contributed by atoms with Gasteiger partial charge in [-0.05, 0) is 73.1 Å². The molecule has 1 fully saturated rings. The van der Waals surface area contributed by atoms with E-state index < -0.39 is 52.3 Å². The SMILES string of the molecule is CCOc1ccc([C@@H]2[C@H](C(=O)OC(C)(C)C)C(=O)C[C@@](C)(O)[C@H]2C(=O)OC(C)(C)C)cc1. The number of benzene rings is 1. The molecule has 0 amide bonds. The summed E-state index contributed by atoms with van der Waals surface area (Å²) in [6, 6.07) is 6.84. The number of Topliss-reactive ketones (excluding diaryl/α,β-unsaturated/α-hetero) is 1. The van der Waals surface area contributed by atoms with E-state index in [9.17, 15) is 19.5 Å². The molecule has 7 nitrogen and oxygen atoms in total. The highest BCUT2D eigenvalue weighted by Crippen LogP contribution is 2.47. The average Bonchev–Trinajstić information content (AvgIpc) is 2.57. The molecule has 1 aliphatic rings. The van der Waals surface area contributed by atoms with Gasteiger partial charge >= 0.3 is 11.9 Å². The van der Waals surface area contributed by atoms with Crippen molar-refractivity contribution in [3.05, 3.63) is 29.8 Å². The Labute approximate surface area is 190 Å². The Morgan fingerprint density at radius 3 is 1.97 bits per heavy atom. The van der Waals surface area contributed by atoms with Gasteiger partial charge in [-0.25, -0.2) is 0 Å². The molecular weight excluding hydrogens is 412 g/mol. The molecule has 7 heteroatoms. The number of rotatable bonds is 5. The van der Waals surface area contributed by atoms with Gasteiger partial charge < -0.3 is 19.3 Å². The van der Waals surface area contributed by atoms with Crippen LogP contribution in [0.15, 0.2) is 24.3 Å². The first-order valence-corrected chi connectivity index (χ1v) is 11.0. The Morgan fingerprint density at radius 1 is 1.00 bits per heavy atom. The normalized spacial score (nSPS) is 26.4. The molecule has 1 N–H and O–H groups in total. The van der Waals surface area contributed by atoms with Crippen LogP contribution in [0, 0.1) is 11.8 Å². The summed E-state index contributed by atoms with van der Waals surface area (Å²) in [5.74, 6) is -4.57. The Kier molecular flexibility index (Phi) is 7.45. The minimum Gasteiger partial charge on any atom is -0.494 e. The van der Waals surface area contributed by atoms with Crippen molar-refractivity contribution >= 4 is 17.7 Å². The third kappa shape index (κ3) is 6.31. The molecule has 4 atom stereocenters. The second kappa shape index (κ2) is 9.22. The molecule has 0 heterocycles. The number of carbonyl (C=O) groups is 3. The average molecular weight is 449 g/mol. The van der Waals surface area contributed by atoms with E-state index in [0.717, 1.165) is 0 Å². The van der Waals surface area contributed by atoms with E-state index in [2.05, 4.69) is 0 Å². The van der Waals surface area contributed by atoms with E-state index in [1.165, 1.54) is 6.92 Å². The zero-order valence-corrected chi connectivity index (χ0v) is 20.4. The lowest BCUT2D eigenvalue weighted by atomic mass is 9.61. The summed E-state index contributed by atoms with van der Waals surface area (Å²) in [6.07, 6.45) is -0.353. The van der Waals surface area contributed by atoms with Gasteiger partial charge in [-0.15, -0.1) is 0 Å². The number of ketones is 1. The molecule has 1 aromatic carbocycles. The van der Waals surface area contributed by atoms with Crippen molar-refractivity contribution in [2.24, 2.45) is 11.8 Å². The van der Waals surface area contributed by atoms with Crippen molar-refractivity contribution in [3.63, 3.8) is 0 Å². The number of ether oxygens (including phenoxy) is 3. The highest BCUT2D eigenvalue weighted by molar-refractivity contribution is 6.03. The van der Waals surface area contributed by atoms with Crippen LogP contribution in [0.4, 0.5) is 0 Å². The third-order valence-electron chi connectivity index (χ3n) is 5.16. The van der Waals surface area contributed by atoms with E-state index >= 15 is 0 Å². The predicted molar refractivity (Wildman–Crippen MR) is 119 cm³/mol. The second-order valence-electron chi connectivity index (χ2n) is 10.6. The molecule has 0 unspecified atom stereocenters. The fourth-order valence-corrected chi connectivity index (χ4v) is 4.10. The van der Waals surface area contributed by atoms with Gasteiger partial charge in [-0.3, -0.25) is 14.4 Å². The predicted octanol–water partition coefficient (Wildman–Crippen LogP) is 3.81. The Hall–Kier alpha value is -2.41. The molecular formula is C25H36O7. The van der Waals surface area contributed by atoms with Crippen molar-refractivity contribution in [1.82, 2.24) is 0 Å². The third-order valence-corrected chi connectivity index (χ3v) is 5.16. The van der Waals surface area contributed by atoms with Crippen LogP contribution in [0.25, 0.3) is 0 Å². The first-order valence-electron chi connectivity index (χ1n) is 11.0. The lowest BCUT2D eigenvalue weighted by molar-refractivity contribution is -0.182. The van der Waals surface area contributed by atoms with Crippen LogP contribution >= 0.6 is 0 Å². The second-order valence-corrected chi connectivity index (χ2v) is 10.6. The standard InChI is InChI=1S/C25H36O7/c1-9-30-16-12-10-15(11-13-16)18-19(21(27)31-23(2,3)4)17(26)14-25(8,29)20(18)22(28)32-24(5,6)7/h10-13,18-20,29H,9,14H2,1-8H3/t18-,19-,20-,25-/m1/s1. The van der Waals surface area contributed by atoms with Gasteiger partial charge in [-0.1, -0.05) is 12.1 Å². The van der Waals surface area contributed by atoms with E-state index in [-0.39, 0.29) is 6.42 Å². The van der Waals surface area contributed by atoms with Crippen LogP contribution in [0.3, 0.4) is 0 Å².